The van der Waals surface area contributed by atoms with Gasteiger partial charge in [-0.3, -0.25) is 0 Å². The zero-order valence-electron chi connectivity index (χ0n) is 24.9. The molecule has 0 atom stereocenters. The highest BCUT2D eigenvalue weighted by atomic mass is 14.6. The Balaban J connectivity index is 1.28. The summed E-state index contributed by atoms with van der Waals surface area (Å²) in [6, 6.07) is 57.2. The Morgan fingerprint density at radius 1 is 0.391 bits per heavy atom. The summed E-state index contributed by atoms with van der Waals surface area (Å²) in [6.45, 7) is 7.38. The molecule has 0 fully saturated rings. The Bertz CT molecular complexity index is 2350. The fourth-order valence-electron chi connectivity index (χ4n) is 6.64. The first-order valence-corrected chi connectivity index (χ1v) is 15.3. The highest BCUT2D eigenvalue weighted by molar-refractivity contribution is 6.23. The summed E-state index contributed by atoms with van der Waals surface area (Å²) in [5, 5.41) is 16.7. The minimum atomic E-state index is 0.648. The maximum absolute atomic E-state index is 9.36. The molecule has 0 heterocycles. The van der Waals surface area contributed by atoms with Crippen LogP contribution in [-0.4, -0.2) is 0 Å². The van der Waals surface area contributed by atoms with Gasteiger partial charge in [-0.25, -0.2) is 4.85 Å². The predicted molar refractivity (Wildman–Crippen MR) is 192 cm³/mol. The SMILES string of the molecule is [C-]#[N+]c1cccc(-c2ccc(-c3cc4c5ccccc5c(-c5ccc(-c6cccc(C#N)c6)cc5)cc4c4ccccc34)cc2)c1. The monoisotopic (exact) mass is 582 g/mol. The van der Waals surface area contributed by atoms with Crippen LogP contribution in [0.25, 0.3) is 81.7 Å². The van der Waals surface area contributed by atoms with Gasteiger partial charge in [0.1, 0.15) is 0 Å². The van der Waals surface area contributed by atoms with Crippen LogP contribution in [0.15, 0.2) is 158 Å². The highest BCUT2D eigenvalue weighted by Crippen LogP contribution is 2.42. The zero-order chi connectivity index (χ0) is 31.0. The van der Waals surface area contributed by atoms with Crippen LogP contribution in [0.5, 0.6) is 0 Å². The van der Waals surface area contributed by atoms with Crippen molar-refractivity contribution < 1.29 is 0 Å². The van der Waals surface area contributed by atoms with Gasteiger partial charge in [-0.1, -0.05) is 127 Å². The number of rotatable bonds is 4. The van der Waals surface area contributed by atoms with Crippen molar-refractivity contribution in [1.82, 2.24) is 0 Å². The van der Waals surface area contributed by atoms with Crippen molar-refractivity contribution in [3.8, 4) is 50.6 Å². The molecule has 212 valence electrons. The smallest absolute Gasteiger partial charge is 0.187 e. The van der Waals surface area contributed by atoms with Crippen molar-refractivity contribution in [1.29, 1.82) is 5.26 Å². The van der Waals surface area contributed by atoms with Gasteiger partial charge < -0.3 is 0 Å². The maximum atomic E-state index is 9.36. The summed E-state index contributed by atoms with van der Waals surface area (Å²) in [4.78, 5) is 3.60. The lowest BCUT2D eigenvalue weighted by Crippen LogP contribution is -1.89. The normalized spacial score (nSPS) is 11.0. The van der Waals surface area contributed by atoms with Crippen LogP contribution in [0, 0.1) is 17.9 Å². The third kappa shape index (κ3) is 4.67. The van der Waals surface area contributed by atoms with Gasteiger partial charge in [-0.15, -0.1) is 0 Å². The summed E-state index contributed by atoms with van der Waals surface area (Å²) < 4.78 is 0. The first kappa shape index (κ1) is 27.1. The molecule has 8 rings (SSSR count). The highest BCUT2D eigenvalue weighted by Gasteiger charge is 2.15. The molecule has 2 heteroatoms. The molecule has 0 bridgehead atoms. The Kier molecular flexibility index (Phi) is 6.61. The van der Waals surface area contributed by atoms with Crippen molar-refractivity contribution >= 4 is 38.0 Å². The van der Waals surface area contributed by atoms with Crippen LogP contribution >= 0.6 is 0 Å². The van der Waals surface area contributed by atoms with Gasteiger partial charge in [0.25, 0.3) is 0 Å². The fourth-order valence-corrected chi connectivity index (χ4v) is 6.64. The van der Waals surface area contributed by atoms with E-state index in [0.29, 0.717) is 11.3 Å². The van der Waals surface area contributed by atoms with Crippen molar-refractivity contribution in [3.63, 3.8) is 0 Å². The van der Waals surface area contributed by atoms with Crippen LogP contribution < -0.4 is 0 Å². The first-order chi connectivity index (χ1) is 22.7. The zero-order valence-corrected chi connectivity index (χ0v) is 24.9. The van der Waals surface area contributed by atoms with Gasteiger partial charge in [0, 0.05) is 0 Å². The van der Waals surface area contributed by atoms with E-state index >= 15 is 0 Å². The molecular formula is C44H26N2. The summed E-state index contributed by atoms with van der Waals surface area (Å²) >= 11 is 0. The van der Waals surface area contributed by atoms with Crippen LogP contribution in [0.3, 0.4) is 0 Å². The van der Waals surface area contributed by atoms with Crippen LogP contribution in [-0.2, 0) is 0 Å². The van der Waals surface area contributed by atoms with Crippen LogP contribution in [0.2, 0.25) is 0 Å². The molecule has 0 N–H and O–H groups in total. The number of fused-ring (bicyclic) bond motifs is 5. The van der Waals surface area contributed by atoms with Gasteiger partial charge in [0.05, 0.1) is 18.2 Å². The van der Waals surface area contributed by atoms with Gasteiger partial charge in [0.2, 0.25) is 0 Å². The molecule has 0 aliphatic carbocycles. The van der Waals surface area contributed by atoms with E-state index in [1.54, 1.807) is 0 Å². The molecule has 8 aromatic carbocycles. The molecule has 0 aromatic heterocycles. The summed E-state index contributed by atoms with van der Waals surface area (Å²) in [5.41, 5.74) is 10.3. The predicted octanol–water partition coefficient (Wildman–Crippen LogP) is 12.2. The molecule has 46 heavy (non-hydrogen) atoms. The summed E-state index contributed by atoms with van der Waals surface area (Å²) in [5.74, 6) is 0. The number of nitrogens with zero attached hydrogens (tertiary/aromatic N) is 2. The maximum Gasteiger partial charge on any atom is 0.187 e. The molecule has 0 aliphatic rings. The lowest BCUT2D eigenvalue weighted by Gasteiger charge is -2.16. The number of hydrogen-bond donors (Lipinski definition) is 0. The third-order valence-corrected chi connectivity index (χ3v) is 8.91. The molecule has 8 aromatic rings. The van der Waals surface area contributed by atoms with E-state index in [1.807, 2.05) is 42.5 Å². The van der Waals surface area contributed by atoms with E-state index in [2.05, 4.69) is 126 Å². The van der Waals surface area contributed by atoms with E-state index in [4.69, 9.17) is 6.57 Å². The molecule has 0 unspecified atom stereocenters. The average molecular weight is 583 g/mol. The lowest BCUT2D eigenvalue weighted by atomic mass is 9.87. The molecule has 0 amide bonds. The second-order valence-corrected chi connectivity index (χ2v) is 11.5. The Labute approximate surface area is 267 Å². The van der Waals surface area contributed by atoms with E-state index in [9.17, 15) is 5.26 Å². The van der Waals surface area contributed by atoms with E-state index in [1.165, 1.54) is 43.4 Å². The van der Waals surface area contributed by atoms with Crippen LogP contribution in [0.4, 0.5) is 5.69 Å². The standard InChI is InChI=1S/C44H26N2/c1-46-36-11-7-10-35(25-36)31-18-22-33(23-19-31)42-27-44-39-14-4-2-12-37(39)41(26-43(44)40-15-5-3-13-38(40)42)32-20-16-30(17-21-32)34-9-6-8-29(24-34)28-45/h2-27H. The summed E-state index contributed by atoms with van der Waals surface area (Å²) in [7, 11) is 0. The molecule has 0 saturated carbocycles. The van der Waals surface area contributed by atoms with Gasteiger partial charge in [0.15, 0.2) is 5.69 Å². The topological polar surface area (TPSA) is 28.1 Å². The van der Waals surface area contributed by atoms with Crippen molar-refractivity contribution in [2.24, 2.45) is 0 Å². The third-order valence-electron chi connectivity index (χ3n) is 8.91. The quantitative estimate of drug-likeness (QED) is 0.150. The number of hydrogen-bond acceptors (Lipinski definition) is 1. The Morgan fingerprint density at radius 2 is 0.848 bits per heavy atom. The van der Waals surface area contributed by atoms with E-state index < -0.39 is 0 Å². The molecule has 0 aliphatic heterocycles. The van der Waals surface area contributed by atoms with Crippen molar-refractivity contribution in [2.75, 3.05) is 0 Å². The second-order valence-electron chi connectivity index (χ2n) is 11.5. The summed E-state index contributed by atoms with van der Waals surface area (Å²) in [6.07, 6.45) is 0. The molecule has 0 spiro atoms. The number of benzene rings is 8. The van der Waals surface area contributed by atoms with Gasteiger partial charge in [-0.05, 0) is 107 Å². The molecule has 0 saturated heterocycles. The average Bonchev–Trinajstić information content (AvgIpc) is 3.14. The fraction of sp³-hybridized carbons (Fsp3) is 0. The minimum Gasteiger partial charge on any atom is -0.238 e. The number of nitriles is 1. The molecule has 0 radical (unpaired) electrons. The van der Waals surface area contributed by atoms with Gasteiger partial charge >= 0.3 is 0 Å². The first-order valence-electron chi connectivity index (χ1n) is 15.3. The van der Waals surface area contributed by atoms with Crippen LogP contribution in [0.1, 0.15) is 5.56 Å². The van der Waals surface area contributed by atoms with Crippen molar-refractivity contribution in [3.05, 3.63) is 175 Å². The Morgan fingerprint density at radius 3 is 1.35 bits per heavy atom. The minimum absolute atomic E-state index is 0.648. The second kappa shape index (κ2) is 11.2. The molecular weight excluding hydrogens is 556 g/mol. The van der Waals surface area contributed by atoms with E-state index in [0.717, 1.165) is 33.4 Å². The Hall–Kier alpha value is -6.48. The lowest BCUT2D eigenvalue weighted by molar-refractivity contribution is 1.48. The van der Waals surface area contributed by atoms with Crippen molar-refractivity contribution in [2.45, 2.75) is 0 Å². The largest absolute Gasteiger partial charge is 0.238 e. The molecule has 2 nitrogen and oxygen atoms in total. The van der Waals surface area contributed by atoms with E-state index in [-0.39, 0.29) is 0 Å². The van der Waals surface area contributed by atoms with Gasteiger partial charge in [-0.2, -0.15) is 5.26 Å².